The summed E-state index contributed by atoms with van der Waals surface area (Å²) in [5.41, 5.74) is 0. The van der Waals surface area contributed by atoms with Crippen LogP contribution in [0.5, 0.6) is 0 Å². The summed E-state index contributed by atoms with van der Waals surface area (Å²) in [5, 5.41) is 2.05. The summed E-state index contributed by atoms with van der Waals surface area (Å²) in [6.07, 6.45) is 5.93. The predicted molar refractivity (Wildman–Crippen MR) is 72.1 cm³/mol. The van der Waals surface area contributed by atoms with Crippen LogP contribution in [0.1, 0.15) is 13.8 Å². The first-order chi connectivity index (χ1) is 7.12. The molecule has 0 aromatic heterocycles. The highest BCUT2D eigenvalue weighted by Crippen LogP contribution is 2.25. The van der Waals surface area contributed by atoms with Gasteiger partial charge in [-0.05, 0) is 24.2 Å². The lowest BCUT2D eigenvalue weighted by molar-refractivity contribution is 1.63. The molecule has 0 unspecified atom stereocenters. The number of rotatable bonds is 3. The van der Waals surface area contributed by atoms with Crippen LogP contribution in [0.3, 0.4) is 0 Å². The van der Waals surface area contributed by atoms with E-state index in [1.807, 2.05) is 62.4 Å². The number of hydrogen-bond donors (Lipinski definition) is 0. The van der Waals surface area contributed by atoms with Crippen LogP contribution in [0, 0.1) is 0 Å². The maximum absolute atomic E-state index is 6.49. The second-order valence-corrected chi connectivity index (χ2v) is 9.47. The number of allylic oxidation sites excluding steroid dienone is 4. The SMILES string of the molecule is C/C=C\C(=C/C)[Si](Cl)(Cl)c1ccccc1. The molecular formula is C12H14Cl2Si. The molecule has 3 heteroatoms. The molecule has 0 heterocycles. The number of benzene rings is 1. The first-order valence-electron chi connectivity index (χ1n) is 4.85. The smallest absolute Gasteiger partial charge is 0.134 e. The lowest BCUT2D eigenvalue weighted by Crippen LogP contribution is -2.38. The van der Waals surface area contributed by atoms with Gasteiger partial charge in [0.2, 0.25) is 0 Å². The van der Waals surface area contributed by atoms with Gasteiger partial charge in [-0.15, -0.1) is 22.2 Å². The molecule has 0 amide bonds. The Kier molecular flexibility index (Phi) is 4.65. The zero-order chi connectivity index (χ0) is 11.3. The van der Waals surface area contributed by atoms with Crippen LogP contribution >= 0.6 is 22.2 Å². The number of hydrogen-bond acceptors (Lipinski definition) is 0. The standard InChI is InChI=1S/C12H14Cl2Si/c1-3-8-11(4-2)15(13,14)12-9-6-5-7-10-12/h3-10H,1-2H3/b8-3-,11-4+. The first kappa shape index (κ1) is 12.6. The molecule has 0 bridgehead atoms. The van der Waals surface area contributed by atoms with E-state index in [9.17, 15) is 0 Å². The van der Waals surface area contributed by atoms with E-state index in [1.165, 1.54) is 0 Å². The zero-order valence-corrected chi connectivity index (χ0v) is 11.4. The Morgan fingerprint density at radius 1 is 1.13 bits per heavy atom. The minimum atomic E-state index is -2.51. The third-order valence-electron chi connectivity index (χ3n) is 2.16. The average Bonchev–Trinajstić information content (AvgIpc) is 2.27. The van der Waals surface area contributed by atoms with Gasteiger partial charge in [-0.25, -0.2) is 0 Å². The molecule has 0 saturated heterocycles. The average molecular weight is 257 g/mol. The maximum Gasteiger partial charge on any atom is 0.310 e. The Bertz CT molecular complexity index is 366. The summed E-state index contributed by atoms with van der Waals surface area (Å²) in [6, 6.07) is 9.86. The molecule has 80 valence electrons. The van der Waals surface area contributed by atoms with E-state index >= 15 is 0 Å². The zero-order valence-electron chi connectivity index (χ0n) is 8.87. The van der Waals surface area contributed by atoms with Crippen LogP contribution in [0.2, 0.25) is 0 Å². The van der Waals surface area contributed by atoms with Crippen LogP contribution in [0.4, 0.5) is 0 Å². The molecule has 0 aliphatic carbocycles. The minimum absolute atomic E-state index is 1.03. The monoisotopic (exact) mass is 256 g/mol. The molecule has 0 atom stereocenters. The fraction of sp³-hybridized carbons (Fsp3) is 0.167. The molecule has 0 N–H and O–H groups in total. The molecule has 15 heavy (non-hydrogen) atoms. The van der Waals surface area contributed by atoms with Gasteiger partial charge in [0.1, 0.15) is 0 Å². The maximum atomic E-state index is 6.49. The molecule has 1 aromatic rings. The minimum Gasteiger partial charge on any atom is -0.134 e. The highest BCUT2D eigenvalue weighted by Gasteiger charge is 2.33. The molecule has 0 saturated carbocycles. The lowest BCUT2D eigenvalue weighted by atomic mass is 10.4. The van der Waals surface area contributed by atoms with E-state index in [2.05, 4.69) is 0 Å². The van der Waals surface area contributed by atoms with Crippen molar-refractivity contribution in [2.75, 3.05) is 0 Å². The highest BCUT2D eigenvalue weighted by molar-refractivity contribution is 7.54. The normalized spacial score (nSPS) is 13.5. The van der Waals surface area contributed by atoms with E-state index in [-0.39, 0.29) is 0 Å². The largest absolute Gasteiger partial charge is 0.310 e. The van der Waals surface area contributed by atoms with Gasteiger partial charge in [-0.1, -0.05) is 48.6 Å². The van der Waals surface area contributed by atoms with Crippen molar-refractivity contribution in [3.05, 3.63) is 53.8 Å². The van der Waals surface area contributed by atoms with Gasteiger partial charge >= 0.3 is 6.69 Å². The quantitative estimate of drug-likeness (QED) is 0.438. The second-order valence-electron chi connectivity index (χ2n) is 3.18. The van der Waals surface area contributed by atoms with Gasteiger partial charge in [0.15, 0.2) is 0 Å². The van der Waals surface area contributed by atoms with Crippen molar-refractivity contribution in [3.63, 3.8) is 0 Å². The van der Waals surface area contributed by atoms with Crippen LogP contribution in [-0.4, -0.2) is 6.69 Å². The van der Waals surface area contributed by atoms with E-state index in [0.717, 1.165) is 10.4 Å². The fourth-order valence-electron chi connectivity index (χ4n) is 1.38. The first-order valence-corrected chi connectivity index (χ1v) is 8.88. The molecule has 0 nitrogen and oxygen atoms in total. The summed E-state index contributed by atoms with van der Waals surface area (Å²) in [4.78, 5) is 0. The Labute approximate surface area is 102 Å². The molecule has 1 rings (SSSR count). The molecule has 0 aliphatic heterocycles. The highest BCUT2D eigenvalue weighted by atomic mass is 35.7. The van der Waals surface area contributed by atoms with Gasteiger partial charge in [0, 0.05) is 0 Å². The topological polar surface area (TPSA) is 0 Å². The van der Waals surface area contributed by atoms with Crippen LogP contribution < -0.4 is 5.19 Å². The summed E-state index contributed by atoms with van der Waals surface area (Å²) >= 11 is 13.0. The van der Waals surface area contributed by atoms with Crippen molar-refractivity contribution in [1.82, 2.24) is 0 Å². The van der Waals surface area contributed by atoms with Gasteiger partial charge in [0.25, 0.3) is 0 Å². The van der Waals surface area contributed by atoms with Crippen molar-refractivity contribution < 1.29 is 0 Å². The fourth-order valence-corrected chi connectivity index (χ4v) is 4.85. The molecular weight excluding hydrogens is 243 g/mol. The van der Waals surface area contributed by atoms with Crippen molar-refractivity contribution in [2.45, 2.75) is 13.8 Å². The van der Waals surface area contributed by atoms with Crippen molar-refractivity contribution in [1.29, 1.82) is 0 Å². The number of halogens is 2. The summed E-state index contributed by atoms with van der Waals surface area (Å²) in [7, 11) is 0. The summed E-state index contributed by atoms with van der Waals surface area (Å²) in [5.74, 6) is 0. The summed E-state index contributed by atoms with van der Waals surface area (Å²) in [6.45, 7) is 1.42. The van der Waals surface area contributed by atoms with Crippen LogP contribution in [-0.2, 0) is 0 Å². The van der Waals surface area contributed by atoms with Crippen LogP contribution in [0.15, 0.2) is 53.8 Å². The summed E-state index contributed by atoms with van der Waals surface area (Å²) < 4.78 is 0. The van der Waals surface area contributed by atoms with Crippen molar-refractivity contribution >= 4 is 34.0 Å². The third kappa shape index (κ3) is 2.97. The van der Waals surface area contributed by atoms with Gasteiger partial charge in [0.05, 0.1) is 0 Å². The van der Waals surface area contributed by atoms with E-state index in [4.69, 9.17) is 22.2 Å². The third-order valence-corrected chi connectivity index (χ3v) is 7.01. The van der Waals surface area contributed by atoms with Gasteiger partial charge < -0.3 is 0 Å². The Balaban J connectivity index is 3.12. The van der Waals surface area contributed by atoms with Gasteiger partial charge in [-0.2, -0.15) is 0 Å². The van der Waals surface area contributed by atoms with Crippen molar-refractivity contribution in [2.24, 2.45) is 0 Å². The van der Waals surface area contributed by atoms with E-state index in [0.29, 0.717) is 0 Å². The molecule has 0 aliphatic rings. The molecule has 0 fully saturated rings. The molecule has 0 spiro atoms. The van der Waals surface area contributed by atoms with Crippen molar-refractivity contribution in [3.8, 4) is 0 Å². The van der Waals surface area contributed by atoms with E-state index < -0.39 is 6.69 Å². The van der Waals surface area contributed by atoms with Gasteiger partial charge in [-0.3, -0.25) is 0 Å². The molecule has 0 radical (unpaired) electrons. The molecule has 1 aromatic carbocycles. The second kappa shape index (κ2) is 5.55. The Morgan fingerprint density at radius 2 is 1.73 bits per heavy atom. The lowest BCUT2D eigenvalue weighted by Gasteiger charge is -2.18. The van der Waals surface area contributed by atoms with Crippen LogP contribution in [0.25, 0.3) is 0 Å². The van der Waals surface area contributed by atoms with E-state index in [1.54, 1.807) is 0 Å². The predicted octanol–water partition coefficient (Wildman–Crippen LogP) is 3.88. The Hall–Kier alpha value is -0.503. The Morgan fingerprint density at radius 3 is 2.20 bits per heavy atom.